The first-order valence-corrected chi connectivity index (χ1v) is 5.89. The molecule has 0 saturated carbocycles. The SMILES string of the molecule is N#[N+]c1c([O-])oc2ccc(S(=O)(=O)O)cc2c1=O. The molecular formula is C9H4N2O6S. The monoisotopic (exact) mass is 268 g/mol. The molecule has 1 aromatic carbocycles. The standard InChI is InChI=1S/C9H4N2O6S/c10-11-7-8(12)5-3-4(18(14,15)16)1-2-6(5)17-9(7)13/h1-3H,(H-,12,13,14,15,16). The zero-order chi connectivity index (χ0) is 13.5. The van der Waals surface area contributed by atoms with E-state index in [2.05, 4.69) is 9.39 Å². The van der Waals surface area contributed by atoms with Gasteiger partial charge in [0.2, 0.25) is 5.39 Å². The second kappa shape index (κ2) is 3.80. The minimum absolute atomic E-state index is 0.176. The van der Waals surface area contributed by atoms with Crippen LogP contribution in [0.4, 0.5) is 5.69 Å². The third kappa shape index (κ3) is 1.79. The molecule has 0 aliphatic carbocycles. The summed E-state index contributed by atoms with van der Waals surface area (Å²) in [6.07, 6.45) is 0. The van der Waals surface area contributed by atoms with Gasteiger partial charge in [0.05, 0.1) is 4.90 Å². The summed E-state index contributed by atoms with van der Waals surface area (Å²) >= 11 is 0. The number of benzene rings is 1. The van der Waals surface area contributed by atoms with Crippen LogP contribution in [0.2, 0.25) is 0 Å². The summed E-state index contributed by atoms with van der Waals surface area (Å²) in [5.74, 6) is -1.14. The summed E-state index contributed by atoms with van der Waals surface area (Å²) in [6.45, 7) is 0. The molecule has 0 bridgehead atoms. The van der Waals surface area contributed by atoms with Crippen molar-refractivity contribution in [2.45, 2.75) is 4.90 Å². The van der Waals surface area contributed by atoms with Crippen molar-refractivity contribution in [1.82, 2.24) is 0 Å². The van der Waals surface area contributed by atoms with Gasteiger partial charge in [0.1, 0.15) is 0 Å². The van der Waals surface area contributed by atoms with E-state index in [9.17, 15) is 18.3 Å². The van der Waals surface area contributed by atoms with Gasteiger partial charge in [-0.3, -0.25) is 9.35 Å². The van der Waals surface area contributed by atoms with Crippen LogP contribution in [0.5, 0.6) is 5.95 Å². The van der Waals surface area contributed by atoms with E-state index in [-0.39, 0.29) is 11.0 Å². The Balaban J connectivity index is 2.95. The van der Waals surface area contributed by atoms with E-state index in [1.54, 1.807) is 0 Å². The molecule has 0 atom stereocenters. The molecule has 92 valence electrons. The Bertz CT molecular complexity index is 846. The van der Waals surface area contributed by atoms with Gasteiger partial charge in [-0.15, -0.1) is 0 Å². The number of diazo groups is 1. The van der Waals surface area contributed by atoms with Crippen LogP contribution < -0.4 is 10.5 Å². The lowest BCUT2D eigenvalue weighted by molar-refractivity contribution is -0.292. The van der Waals surface area contributed by atoms with Gasteiger partial charge in [-0.05, 0) is 18.2 Å². The molecular weight excluding hydrogens is 264 g/mol. The molecule has 0 unspecified atom stereocenters. The highest BCUT2D eigenvalue weighted by Gasteiger charge is 2.19. The van der Waals surface area contributed by atoms with Crippen molar-refractivity contribution in [1.29, 1.82) is 5.39 Å². The fourth-order valence-corrected chi connectivity index (χ4v) is 1.90. The van der Waals surface area contributed by atoms with Gasteiger partial charge in [-0.2, -0.15) is 8.42 Å². The Kier molecular flexibility index (Phi) is 2.54. The van der Waals surface area contributed by atoms with Crippen molar-refractivity contribution in [3.8, 4) is 5.95 Å². The molecule has 1 heterocycles. The number of nitrogens with zero attached hydrogens (tertiary/aromatic N) is 2. The smallest absolute Gasteiger partial charge is 0.454 e. The predicted molar refractivity (Wildman–Crippen MR) is 56.5 cm³/mol. The molecule has 9 heteroatoms. The van der Waals surface area contributed by atoms with Crippen molar-refractivity contribution in [3.63, 3.8) is 0 Å². The van der Waals surface area contributed by atoms with E-state index in [1.165, 1.54) is 0 Å². The Hall–Kier alpha value is -2.44. The highest BCUT2D eigenvalue weighted by atomic mass is 32.2. The zero-order valence-electron chi connectivity index (χ0n) is 8.52. The normalized spacial score (nSPS) is 11.3. The van der Waals surface area contributed by atoms with Crippen LogP contribution in [-0.4, -0.2) is 13.0 Å². The minimum atomic E-state index is -4.49. The van der Waals surface area contributed by atoms with Crippen molar-refractivity contribution in [2.75, 3.05) is 0 Å². The predicted octanol–water partition coefficient (Wildman–Crippen LogP) is 0.598. The second-order valence-electron chi connectivity index (χ2n) is 3.30. The van der Waals surface area contributed by atoms with Crippen LogP contribution in [0.1, 0.15) is 0 Å². The molecule has 0 aliphatic rings. The first-order chi connectivity index (χ1) is 8.34. The van der Waals surface area contributed by atoms with E-state index >= 15 is 0 Å². The van der Waals surface area contributed by atoms with Crippen LogP contribution in [-0.2, 0) is 10.1 Å². The third-order valence-electron chi connectivity index (χ3n) is 2.20. The Morgan fingerprint density at radius 3 is 2.61 bits per heavy atom. The Morgan fingerprint density at radius 1 is 1.39 bits per heavy atom. The van der Waals surface area contributed by atoms with Crippen LogP contribution in [0, 0.1) is 5.39 Å². The molecule has 0 amide bonds. The quantitative estimate of drug-likeness (QED) is 0.590. The van der Waals surface area contributed by atoms with Crippen LogP contribution in [0.15, 0.2) is 32.3 Å². The van der Waals surface area contributed by atoms with Crippen molar-refractivity contribution in [3.05, 3.63) is 33.4 Å². The minimum Gasteiger partial charge on any atom is -0.573 e. The number of hydrogen-bond donors (Lipinski definition) is 1. The lowest BCUT2D eigenvalue weighted by atomic mass is 10.2. The number of fused-ring (bicyclic) bond motifs is 1. The molecule has 8 nitrogen and oxygen atoms in total. The van der Waals surface area contributed by atoms with Gasteiger partial charge >= 0.3 is 5.69 Å². The molecule has 2 rings (SSSR count). The molecule has 0 radical (unpaired) electrons. The third-order valence-corrected chi connectivity index (χ3v) is 3.05. The van der Waals surface area contributed by atoms with E-state index in [4.69, 9.17) is 9.95 Å². The first kappa shape index (κ1) is 12.0. The fraction of sp³-hybridized carbons (Fsp3) is 0. The highest BCUT2D eigenvalue weighted by molar-refractivity contribution is 7.85. The molecule has 0 spiro atoms. The van der Waals surface area contributed by atoms with Gasteiger partial charge in [0, 0.05) is 11.0 Å². The summed E-state index contributed by atoms with van der Waals surface area (Å²) < 4.78 is 35.3. The number of hydrogen-bond acceptors (Lipinski definition) is 6. The maximum Gasteiger partial charge on any atom is 0.454 e. The van der Waals surface area contributed by atoms with Crippen molar-refractivity contribution in [2.24, 2.45) is 0 Å². The van der Waals surface area contributed by atoms with E-state index in [0.717, 1.165) is 18.2 Å². The summed E-state index contributed by atoms with van der Waals surface area (Å²) in [7, 11) is -4.49. The van der Waals surface area contributed by atoms with E-state index < -0.39 is 32.1 Å². The lowest BCUT2D eigenvalue weighted by Crippen LogP contribution is -2.06. The van der Waals surface area contributed by atoms with Gasteiger partial charge in [0.25, 0.3) is 15.5 Å². The topological polar surface area (TPSA) is 136 Å². The lowest BCUT2D eigenvalue weighted by Gasteiger charge is -2.04. The van der Waals surface area contributed by atoms with Crippen LogP contribution >= 0.6 is 0 Å². The second-order valence-corrected chi connectivity index (χ2v) is 4.72. The molecule has 0 aliphatic heterocycles. The first-order valence-electron chi connectivity index (χ1n) is 4.45. The summed E-state index contributed by atoms with van der Waals surface area (Å²) in [4.78, 5) is 13.6. The average Bonchev–Trinajstić information content (AvgIpc) is 2.27. The molecule has 2 aromatic rings. The maximum atomic E-state index is 11.7. The summed E-state index contributed by atoms with van der Waals surface area (Å²) in [5.41, 5.74) is -2.03. The molecule has 1 aromatic heterocycles. The summed E-state index contributed by atoms with van der Waals surface area (Å²) in [5, 5.41) is 19.4. The Labute approximate surface area is 99.5 Å². The van der Waals surface area contributed by atoms with Crippen LogP contribution in [0.25, 0.3) is 15.9 Å². The molecule has 0 saturated heterocycles. The van der Waals surface area contributed by atoms with Gasteiger partial charge in [-0.1, -0.05) is 0 Å². The molecule has 0 fully saturated rings. The molecule has 1 N–H and O–H groups in total. The van der Waals surface area contributed by atoms with Crippen molar-refractivity contribution < 1.29 is 22.5 Å². The average molecular weight is 268 g/mol. The Morgan fingerprint density at radius 2 is 2.06 bits per heavy atom. The fourth-order valence-electron chi connectivity index (χ4n) is 1.39. The maximum absolute atomic E-state index is 11.7. The van der Waals surface area contributed by atoms with E-state index in [1.807, 2.05) is 0 Å². The van der Waals surface area contributed by atoms with Crippen molar-refractivity contribution >= 4 is 26.8 Å². The summed E-state index contributed by atoms with van der Waals surface area (Å²) in [6, 6.07) is 2.84. The highest BCUT2D eigenvalue weighted by Crippen LogP contribution is 2.25. The van der Waals surface area contributed by atoms with E-state index in [0.29, 0.717) is 0 Å². The van der Waals surface area contributed by atoms with Crippen LogP contribution in [0.3, 0.4) is 0 Å². The van der Waals surface area contributed by atoms with Gasteiger partial charge < -0.3 is 9.52 Å². The zero-order valence-corrected chi connectivity index (χ0v) is 9.34. The number of rotatable bonds is 1. The van der Waals surface area contributed by atoms with Gasteiger partial charge in [0.15, 0.2) is 10.9 Å². The largest absolute Gasteiger partial charge is 0.573 e. The van der Waals surface area contributed by atoms with Gasteiger partial charge in [-0.25, -0.2) is 0 Å². The molecule has 18 heavy (non-hydrogen) atoms.